The SMILES string of the molecule is Cc1cc(NC(=O)c2ccccc2Cl)sc1C(=O)N1CCC(Oc2ccncc2)C1. The highest BCUT2D eigenvalue weighted by molar-refractivity contribution is 7.18. The van der Waals surface area contributed by atoms with Gasteiger partial charge in [0.25, 0.3) is 11.8 Å². The van der Waals surface area contributed by atoms with Gasteiger partial charge in [-0.1, -0.05) is 23.7 Å². The first-order chi connectivity index (χ1) is 14.5. The van der Waals surface area contributed by atoms with Crippen LogP contribution in [-0.4, -0.2) is 40.9 Å². The molecule has 1 aliphatic rings. The fourth-order valence-electron chi connectivity index (χ4n) is 3.34. The number of hydrogen-bond acceptors (Lipinski definition) is 5. The number of halogens is 1. The average molecular weight is 442 g/mol. The lowest BCUT2D eigenvalue weighted by Crippen LogP contribution is -2.30. The van der Waals surface area contributed by atoms with E-state index in [0.29, 0.717) is 33.6 Å². The third-order valence-corrected chi connectivity index (χ3v) is 6.32. The number of rotatable bonds is 5. The Labute approximate surface area is 183 Å². The Morgan fingerprint density at radius 3 is 2.77 bits per heavy atom. The van der Waals surface area contributed by atoms with E-state index >= 15 is 0 Å². The first-order valence-corrected chi connectivity index (χ1v) is 10.7. The van der Waals surface area contributed by atoms with Crippen molar-refractivity contribution in [3.63, 3.8) is 0 Å². The maximum absolute atomic E-state index is 13.0. The number of pyridine rings is 1. The van der Waals surface area contributed by atoms with E-state index in [-0.39, 0.29) is 17.9 Å². The second kappa shape index (κ2) is 8.85. The van der Waals surface area contributed by atoms with Gasteiger partial charge in [-0.05, 0) is 42.8 Å². The van der Waals surface area contributed by atoms with E-state index in [0.717, 1.165) is 17.7 Å². The molecule has 8 heteroatoms. The van der Waals surface area contributed by atoms with Gasteiger partial charge in [-0.3, -0.25) is 14.6 Å². The van der Waals surface area contributed by atoms with Crippen LogP contribution in [0.4, 0.5) is 5.00 Å². The minimum atomic E-state index is -0.298. The number of anilines is 1. The van der Waals surface area contributed by atoms with Crippen LogP contribution in [0.5, 0.6) is 5.75 Å². The third kappa shape index (κ3) is 4.47. The van der Waals surface area contributed by atoms with Crippen molar-refractivity contribution in [1.82, 2.24) is 9.88 Å². The second-order valence-corrected chi connectivity index (χ2v) is 8.48. The molecule has 1 unspecified atom stereocenters. The van der Waals surface area contributed by atoms with Crippen molar-refractivity contribution in [2.75, 3.05) is 18.4 Å². The Morgan fingerprint density at radius 1 is 1.23 bits per heavy atom. The van der Waals surface area contributed by atoms with Crippen molar-refractivity contribution in [3.05, 3.63) is 75.9 Å². The quantitative estimate of drug-likeness (QED) is 0.625. The molecule has 30 heavy (non-hydrogen) atoms. The number of aromatic nitrogens is 1. The fraction of sp³-hybridized carbons (Fsp3) is 0.227. The summed E-state index contributed by atoms with van der Waals surface area (Å²) in [4.78, 5) is 31.9. The van der Waals surface area contributed by atoms with Crippen molar-refractivity contribution in [3.8, 4) is 5.75 Å². The lowest BCUT2D eigenvalue weighted by atomic mass is 10.2. The summed E-state index contributed by atoms with van der Waals surface area (Å²) in [5.41, 5.74) is 1.23. The number of carbonyl (C=O) groups is 2. The molecule has 154 valence electrons. The first-order valence-electron chi connectivity index (χ1n) is 9.53. The fourth-order valence-corrected chi connectivity index (χ4v) is 4.60. The van der Waals surface area contributed by atoms with Crippen LogP contribution in [0.2, 0.25) is 5.02 Å². The summed E-state index contributed by atoms with van der Waals surface area (Å²) in [6.07, 6.45) is 4.09. The molecule has 1 saturated heterocycles. The van der Waals surface area contributed by atoms with Gasteiger partial charge in [0.1, 0.15) is 11.9 Å². The van der Waals surface area contributed by atoms with Gasteiger partial charge in [-0.2, -0.15) is 0 Å². The third-order valence-electron chi connectivity index (χ3n) is 4.85. The molecule has 1 N–H and O–H groups in total. The Morgan fingerprint density at radius 2 is 2.00 bits per heavy atom. The Kier molecular flexibility index (Phi) is 6.01. The Hall–Kier alpha value is -2.90. The molecule has 0 bridgehead atoms. The number of likely N-dealkylation sites (tertiary alicyclic amines) is 1. The van der Waals surface area contributed by atoms with Crippen LogP contribution in [0.25, 0.3) is 0 Å². The predicted molar refractivity (Wildman–Crippen MR) is 118 cm³/mol. The van der Waals surface area contributed by atoms with Gasteiger partial charge in [0.15, 0.2) is 0 Å². The van der Waals surface area contributed by atoms with Gasteiger partial charge in [0.2, 0.25) is 0 Å². The van der Waals surface area contributed by atoms with Crippen molar-refractivity contribution in [2.45, 2.75) is 19.4 Å². The van der Waals surface area contributed by atoms with Crippen molar-refractivity contribution in [1.29, 1.82) is 0 Å². The van der Waals surface area contributed by atoms with Crippen LogP contribution >= 0.6 is 22.9 Å². The number of nitrogens with one attached hydrogen (secondary N) is 1. The highest BCUT2D eigenvalue weighted by Crippen LogP contribution is 2.30. The van der Waals surface area contributed by atoms with Crippen molar-refractivity contribution >= 4 is 39.8 Å². The second-order valence-electron chi connectivity index (χ2n) is 7.02. The minimum Gasteiger partial charge on any atom is -0.488 e. The number of thiophene rings is 1. The van der Waals surface area contributed by atoms with Gasteiger partial charge in [-0.15, -0.1) is 11.3 Å². The zero-order valence-corrected chi connectivity index (χ0v) is 17.9. The lowest BCUT2D eigenvalue weighted by Gasteiger charge is -2.17. The first kappa shape index (κ1) is 20.4. The van der Waals surface area contributed by atoms with E-state index < -0.39 is 0 Å². The summed E-state index contributed by atoms with van der Waals surface area (Å²) < 4.78 is 5.94. The van der Waals surface area contributed by atoms with Gasteiger partial charge in [0.05, 0.1) is 27.0 Å². The molecule has 2 amide bonds. The molecule has 0 saturated carbocycles. The molecule has 0 spiro atoms. The highest BCUT2D eigenvalue weighted by atomic mass is 35.5. The minimum absolute atomic E-state index is 0.0448. The Bertz CT molecular complexity index is 1070. The largest absolute Gasteiger partial charge is 0.488 e. The molecule has 1 atom stereocenters. The van der Waals surface area contributed by atoms with Crippen molar-refractivity contribution in [2.24, 2.45) is 0 Å². The molecule has 3 aromatic rings. The summed E-state index contributed by atoms with van der Waals surface area (Å²) in [5, 5.41) is 3.84. The number of benzene rings is 1. The summed E-state index contributed by atoms with van der Waals surface area (Å²) in [6, 6.07) is 12.3. The topological polar surface area (TPSA) is 71.5 Å². The van der Waals surface area contributed by atoms with Crippen molar-refractivity contribution < 1.29 is 14.3 Å². The smallest absolute Gasteiger partial charge is 0.264 e. The van der Waals surface area contributed by atoms with Gasteiger partial charge in [-0.25, -0.2) is 0 Å². The van der Waals surface area contributed by atoms with Gasteiger partial charge >= 0.3 is 0 Å². The highest BCUT2D eigenvalue weighted by Gasteiger charge is 2.30. The molecule has 3 heterocycles. The maximum atomic E-state index is 13.0. The summed E-state index contributed by atoms with van der Waals surface area (Å²) in [7, 11) is 0. The number of hydrogen-bond donors (Lipinski definition) is 1. The molecule has 1 aliphatic heterocycles. The number of amides is 2. The predicted octanol–water partition coefficient (Wildman–Crippen LogP) is 4.65. The summed E-state index contributed by atoms with van der Waals surface area (Å²) >= 11 is 7.37. The molecule has 6 nitrogen and oxygen atoms in total. The zero-order valence-electron chi connectivity index (χ0n) is 16.3. The van der Waals surface area contributed by atoms with Crippen LogP contribution in [-0.2, 0) is 0 Å². The van der Waals surface area contributed by atoms with E-state index in [4.69, 9.17) is 16.3 Å². The van der Waals surface area contributed by atoms with Crippen LogP contribution < -0.4 is 10.1 Å². The molecular weight excluding hydrogens is 422 g/mol. The van der Waals surface area contributed by atoms with E-state index in [1.54, 1.807) is 41.6 Å². The molecule has 1 aromatic carbocycles. The van der Waals surface area contributed by atoms with Crippen LogP contribution in [0.1, 0.15) is 32.0 Å². The van der Waals surface area contributed by atoms with Gasteiger partial charge in [0, 0.05) is 25.4 Å². The monoisotopic (exact) mass is 441 g/mol. The molecule has 2 aromatic heterocycles. The Balaban J connectivity index is 1.41. The summed E-state index contributed by atoms with van der Waals surface area (Å²) in [5.74, 6) is 0.408. The van der Waals surface area contributed by atoms with Crippen LogP contribution in [0.15, 0.2) is 54.9 Å². The van der Waals surface area contributed by atoms with Gasteiger partial charge < -0.3 is 15.0 Å². The lowest BCUT2D eigenvalue weighted by molar-refractivity contribution is 0.0776. The molecular formula is C22H20ClN3O3S. The molecule has 0 radical (unpaired) electrons. The van der Waals surface area contributed by atoms with E-state index in [2.05, 4.69) is 10.3 Å². The van der Waals surface area contributed by atoms with E-state index in [1.165, 1.54) is 11.3 Å². The normalized spacial score (nSPS) is 15.8. The standard InChI is InChI=1S/C22H20ClN3O3S/c1-14-12-19(25-21(27)17-4-2-3-5-18(17)23)30-20(14)22(28)26-11-8-16(13-26)29-15-6-9-24-10-7-15/h2-7,9-10,12,16H,8,11,13H2,1H3,(H,25,27). The molecule has 1 fully saturated rings. The summed E-state index contributed by atoms with van der Waals surface area (Å²) in [6.45, 7) is 3.03. The number of ether oxygens (including phenoxy) is 1. The number of nitrogens with zero attached hydrogens (tertiary/aromatic N) is 2. The average Bonchev–Trinajstić information content (AvgIpc) is 3.35. The van der Waals surface area contributed by atoms with Crippen LogP contribution in [0, 0.1) is 6.92 Å². The van der Waals surface area contributed by atoms with Crippen LogP contribution in [0.3, 0.4) is 0 Å². The van der Waals surface area contributed by atoms with E-state index in [9.17, 15) is 9.59 Å². The molecule has 0 aliphatic carbocycles. The number of aryl methyl sites for hydroxylation is 1. The number of carbonyl (C=O) groups excluding carboxylic acids is 2. The zero-order chi connectivity index (χ0) is 21.1. The van der Waals surface area contributed by atoms with E-state index in [1.807, 2.05) is 25.1 Å². The molecule has 4 rings (SSSR count). The maximum Gasteiger partial charge on any atom is 0.264 e.